The lowest BCUT2D eigenvalue weighted by Gasteiger charge is -2.42. The van der Waals surface area contributed by atoms with Crippen LogP contribution in [0.15, 0.2) is 18.2 Å². The molecule has 0 aromatic carbocycles. The van der Waals surface area contributed by atoms with Gasteiger partial charge in [0.15, 0.2) is 5.69 Å². The van der Waals surface area contributed by atoms with E-state index in [1.54, 1.807) is 6.07 Å². The van der Waals surface area contributed by atoms with Crippen molar-refractivity contribution in [1.29, 1.82) is 0 Å². The van der Waals surface area contributed by atoms with E-state index in [1.165, 1.54) is 6.07 Å². The fraction of sp³-hybridized carbons (Fsp3) is 0.571. The summed E-state index contributed by atoms with van der Waals surface area (Å²) in [6.45, 7) is 4.73. The van der Waals surface area contributed by atoms with Crippen LogP contribution in [0.3, 0.4) is 0 Å². The molecule has 2 aliphatic rings. The summed E-state index contributed by atoms with van der Waals surface area (Å²) >= 11 is 0. The van der Waals surface area contributed by atoms with Crippen LogP contribution in [0.2, 0.25) is 0 Å². The Morgan fingerprint density at radius 2 is 2.35 bits per heavy atom. The van der Waals surface area contributed by atoms with Crippen molar-refractivity contribution in [3.05, 3.63) is 23.9 Å². The van der Waals surface area contributed by atoms with Gasteiger partial charge in [-0.3, -0.25) is 0 Å². The molecule has 108 valence electrons. The van der Waals surface area contributed by atoms with Gasteiger partial charge in [0.05, 0.1) is 19.3 Å². The van der Waals surface area contributed by atoms with Crippen molar-refractivity contribution in [3.63, 3.8) is 0 Å². The predicted molar refractivity (Wildman–Crippen MR) is 72.1 cm³/mol. The van der Waals surface area contributed by atoms with Crippen molar-refractivity contribution in [2.75, 3.05) is 31.2 Å². The minimum Gasteiger partial charge on any atom is -0.477 e. The van der Waals surface area contributed by atoms with Crippen molar-refractivity contribution in [2.24, 2.45) is 0 Å². The molecule has 2 fully saturated rings. The first kappa shape index (κ1) is 13.3. The lowest BCUT2D eigenvalue weighted by molar-refractivity contribution is -0.0919. The molecule has 2 atom stereocenters. The number of hydrogen-bond acceptors (Lipinski definition) is 5. The maximum atomic E-state index is 11.0. The van der Waals surface area contributed by atoms with Crippen LogP contribution >= 0.6 is 0 Å². The molecule has 0 radical (unpaired) electrons. The zero-order valence-electron chi connectivity index (χ0n) is 11.4. The standard InChI is InChI=1S/C14H18N2O4/c1-10-14(5-7-19-10)9-16(6-8-20-14)12-4-2-3-11(15-12)13(17)18/h2-4,10H,5-9H2,1H3,(H,17,18). The highest BCUT2D eigenvalue weighted by Gasteiger charge is 2.46. The minimum absolute atomic E-state index is 0.0490. The molecule has 0 bridgehead atoms. The van der Waals surface area contributed by atoms with Gasteiger partial charge >= 0.3 is 5.97 Å². The quantitative estimate of drug-likeness (QED) is 0.875. The fourth-order valence-electron chi connectivity index (χ4n) is 2.88. The number of carbonyl (C=O) groups is 1. The summed E-state index contributed by atoms with van der Waals surface area (Å²) in [5.41, 5.74) is -0.224. The van der Waals surface area contributed by atoms with E-state index >= 15 is 0 Å². The molecule has 1 spiro atoms. The Morgan fingerprint density at radius 3 is 3.05 bits per heavy atom. The van der Waals surface area contributed by atoms with Crippen LogP contribution < -0.4 is 4.90 Å². The molecular weight excluding hydrogens is 260 g/mol. The number of aromatic carboxylic acids is 1. The summed E-state index contributed by atoms with van der Waals surface area (Å²) in [4.78, 5) is 17.3. The predicted octanol–water partition coefficient (Wildman–Crippen LogP) is 1.16. The second-order valence-electron chi connectivity index (χ2n) is 5.28. The SMILES string of the molecule is CC1OCCC12CN(c1cccc(C(=O)O)n1)CCO2. The number of hydrogen-bond donors (Lipinski definition) is 1. The van der Waals surface area contributed by atoms with E-state index in [0.717, 1.165) is 6.42 Å². The van der Waals surface area contributed by atoms with E-state index in [4.69, 9.17) is 14.6 Å². The van der Waals surface area contributed by atoms with Crippen molar-refractivity contribution in [1.82, 2.24) is 4.98 Å². The fourth-order valence-corrected chi connectivity index (χ4v) is 2.88. The molecule has 0 amide bonds. The highest BCUT2D eigenvalue weighted by atomic mass is 16.6. The number of morpholine rings is 1. The molecule has 20 heavy (non-hydrogen) atoms. The molecular formula is C14H18N2O4. The summed E-state index contributed by atoms with van der Waals surface area (Å²) in [5, 5.41) is 9.03. The molecule has 3 rings (SSSR count). The normalized spacial score (nSPS) is 29.9. The van der Waals surface area contributed by atoms with Gasteiger partial charge in [-0.15, -0.1) is 0 Å². The number of pyridine rings is 1. The lowest BCUT2D eigenvalue weighted by atomic mass is 9.94. The second-order valence-corrected chi connectivity index (χ2v) is 5.28. The van der Waals surface area contributed by atoms with Gasteiger partial charge in [-0.05, 0) is 19.1 Å². The van der Waals surface area contributed by atoms with Crippen molar-refractivity contribution in [3.8, 4) is 0 Å². The van der Waals surface area contributed by atoms with Crippen molar-refractivity contribution in [2.45, 2.75) is 25.0 Å². The largest absolute Gasteiger partial charge is 0.477 e. The third-order valence-corrected chi connectivity index (χ3v) is 4.12. The first-order valence-electron chi connectivity index (χ1n) is 6.82. The third-order valence-electron chi connectivity index (χ3n) is 4.12. The molecule has 6 nitrogen and oxygen atoms in total. The van der Waals surface area contributed by atoms with Crippen LogP contribution in [0.5, 0.6) is 0 Å². The average Bonchev–Trinajstić information content (AvgIpc) is 2.80. The lowest BCUT2D eigenvalue weighted by Crippen LogP contribution is -2.55. The molecule has 2 saturated heterocycles. The first-order chi connectivity index (χ1) is 9.61. The van der Waals surface area contributed by atoms with Gasteiger partial charge in [0.2, 0.25) is 0 Å². The highest BCUT2D eigenvalue weighted by molar-refractivity contribution is 5.85. The van der Waals surface area contributed by atoms with E-state index in [2.05, 4.69) is 9.88 Å². The van der Waals surface area contributed by atoms with Crippen molar-refractivity contribution >= 4 is 11.8 Å². The summed E-state index contributed by atoms with van der Waals surface area (Å²) in [7, 11) is 0. The van der Waals surface area contributed by atoms with Gasteiger partial charge < -0.3 is 19.5 Å². The smallest absolute Gasteiger partial charge is 0.354 e. The zero-order valence-corrected chi connectivity index (χ0v) is 11.4. The van der Waals surface area contributed by atoms with E-state index in [-0.39, 0.29) is 17.4 Å². The Bertz CT molecular complexity index is 522. The molecule has 1 N–H and O–H groups in total. The van der Waals surface area contributed by atoms with Crippen LogP contribution in [0, 0.1) is 0 Å². The number of carboxylic acids is 1. The monoisotopic (exact) mass is 278 g/mol. The molecule has 3 heterocycles. The van der Waals surface area contributed by atoms with E-state index < -0.39 is 5.97 Å². The topological polar surface area (TPSA) is 71.9 Å². The van der Waals surface area contributed by atoms with Crippen LogP contribution in [-0.2, 0) is 9.47 Å². The Labute approximate surface area is 117 Å². The molecule has 1 aromatic rings. The van der Waals surface area contributed by atoms with Crippen LogP contribution in [0.25, 0.3) is 0 Å². The van der Waals surface area contributed by atoms with Gasteiger partial charge in [-0.1, -0.05) is 6.07 Å². The Kier molecular flexibility index (Phi) is 3.35. The van der Waals surface area contributed by atoms with Gasteiger partial charge in [0.25, 0.3) is 0 Å². The number of ether oxygens (including phenoxy) is 2. The van der Waals surface area contributed by atoms with Crippen LogP contribution in [0.4, 0.5) is 5.82 Å². The number of aromatic nitrogens is 1. The number of anilines is 1. The van der Waals surface area contributed by atoms with Crippen LogP contribution in [0.1, 0.15) is 23.8 Å². The van der Waals surface area contributed by atoms with Gasteiger partial charge in [0.1, 0.15) is 11.4 Å². The van der Waals surface area contributed by atoms with E-state index in [1.807, 2.05) is 13.0 Å². The highest BCUT2D eigenvalue weighted by Crippen LogP contribution is 2.34. The molecule has 1 aromatic heterocycles. The Hall–Kier alpha value is -1.66. The maximum absolute atomic E-state index is 11.0. The molecule has 0 saturated carbocycles. The minimum atomic E-state index is -1.01. The summed E-state index contributed by atoms with van der Waals surface area (Å²) in [5.74, 6) is -0.320. The maximum Gasteiger partial charge on any atom is 0.354 e. The number of rotatable bonds is 2. The average molecular weight is 278 g/mol. The number of nitrogens with zero attached hydrogens (tertiary/aromatic N) is 2. The zero-order chi connectivity index (χ0) is 14.2. The third kappa shape index (κ3) is 2.25. The van der Waals surface area contributed by atoms with Gasteiger partial charge in [-0.25, -0.2) is 9.78 Å². The number of carboxylic acid groups (broad SMARTS) is 1. The van der Waals surface area contributed by atoms with Crippen LogP contribution in [-0.4, -0.2) is 54.1 Å². The first-order valence-corrected chi connectivity index (χ1v) is 6.82. The van der Waals surface area contributed by atoms with Gasteiger partial charge in [-0.2, -0.15) is 0 Å². The molecule has 2 unspecified atom stereocenters. The second kappa shape index (κ2) is 5.03. The summed E-state index contributed by atoms with van der Waals surface area (Å²) < 4.78 is 11.6. The van der Waals surface area contributed by atoms with E-state index in [0.29, 0.717) is 32.1 Å². The van der Waals surface area contributed by atoms with Gasteiger partial charge in [0, 0.05) is 19.6 Å². The Morgan fingerprint density at radius 1 is 1.50 bits per heavy atom. The van der Waals surface area contributed by atoms with Crippen molar-refractivity contribution < 1.29 is 19.4 Å². The molecule has 6 heteroatoms. The molecule has 2 aliphatic heterocycles. The van der Waals surface area contributed by atoms with E-state index in [9.17, 15) is 4.79 Å². The molecule has 0 aliphatic carbocycles. The summed E-state index contributed by atoms with van der Waals surface area (Å²) in [6.07, 6.45) is 0.913. The Balaban J connectivity index is 1.83. The summed E-state index contributed by atoms with van der Waals surface area (Å²) in [6, 6.07) is 5.07.